The van der Waals surface area contributed by atoms with Crippen molar-refractivity contribution in [2.45, 2.75) is 6.18 Å². The van der Waals surface area contributed by atoms with E-state index in [1.54, 1.807) is 0 Å². The Hall–Kier alpha value is -0.0866. The molecule has 0 N–H and O–H groups in total. The van der Waals surface area contributed by atoms with E-state index < -0.39 is 11.7 Å². The standard InChI is InChI=1S/C8H6F3O.BrH.Zn/c1-12-7-4-2-6(3-5-7)8(9,10)11;;/h2-4H,1H3;1H;/q-1;;+2/p-1. The number of rotatable bonds is 1. The third-order valence-corrected chi connectivity index (χ3v) is 1.33. The van der Waals surface area contributed by atoms with E-state index in [9.17, 15) is 13.2 Å². The average Bonchev–Trinajstić information content (AvgIpc) is 2.20. The predicted octanol–water partition coefficient (Wildman–Crippen LogP) is 3.36. The summed E-state index contributed by atoms with van der Waals surface area (Å²) in [5, 5.41) is 0. The van der Waals surface area contributed by atoms with Crippen LogP contribution in [0.2, 0.25) is 0 Å². The Kier molecular flexibility index (Phi) is 6.37. The topological polar surface area (TPSA) is 9.23 Å². The van der Waals surface area contributed by atoms with Crippen molar-refractivity contribution < 1.29 is 34.3 Å². The molecule has 0 aromatic heterocycles. The van der Waals surface area contributed by atoms with Crippen LogP contribution in [-0.2, 0) is 22.5 Å². The summed E-state index contributed by atoms with van der Waals surface area (Å²) in [6.07, 6.45) is -4.30. The SMILES string of the molecule is COc1[c-]cc(C(F)(F)F)cc1.[Zn+][Br]. The van der Waals surface area contributed by atoms with E-state index in [1.165, 1.54) is 29.5 Å². The van der Waals surface area contributed by atoms with Gasteiger partial charge in [0.1, 0.15) is 0 Å². The summed E-state index contributed by atoms with van der Waals surface area (Å²) in [5.74, 6) is 0.294. The van der Waals surface area contributed by atoms with Crippen LogP contribution in [0.3, 0.4) is 0 Å². The molecule has 1 rings (SSSR count). The quantitative estimate of drug-likeness (QED) is 0.569. The van der Waals surface area contributed by atoms with Crippen LogP contribution in [0.15, 0.2) is 18.2 Å². The van der Waals surface area contributed by atoms with Crippen LogP contribution in [0.5, 0.6) is 5.75 Å². The van der Waals surface area contributed by atoms with Gasteiger partial charge in [-0.25, -0.2) is 0 Å². The maximum absolute atomic E-state index is 12.0. The Morgan fingerprint density at radius 1 is 1.36 bits per heavy atom. The van der Waals surface area contributed by atoms with Gasteiger partial charge in [-0.3, -0.25) is 0 Å². The number of alkyl halides is 3. The first-order valence-corrected chi connectivity index (χ1v) is 10.4. The van der Waals surface area contributed by atoms with Gasteiger partial charge in [0, 0.05) is 5.75 Å². The number of ether oxygens (including phenoxy) is 1. The molecule has 0 amide bonds. The molecule has 0 aliphatic heterocycles. The van der Waals surface area contributed by atoms with Crippen LogP contribution in [0.25, 0.3) is 0 Å². The van der Waals surface area contributed by atoms with E-state index in [-0.39, 0.29) is 0 Å². The van der Waals surface area contributed by atoms with Gasteiger partial charge in [0.05, 0.1) is 7.11 Å². The van der Waals surface area contributed by atoms with E-state index in [2.05, 4.69) is 24.4 Å². The normalized spacial score (nSPS) is 10.2. The third kappa shape index (κ3) is 4.42. The van der Waals surface area contributed by atoms with Crippen molar-refractivity contribution in [3.05, 3.63) is 29.8 Å². The van der Waals surface area contributed by atoms with E-state index in [4.69, 9.17) is 0 Å². The van der Waals surface area contributed by atoms with Crippen LogP contribution < -0.4 is 4.74 Å². The third-order valence-electron chi connectivity index (χ3n) is 1.33. The first-order chi connectivity index (χ1) is 6.54. The summed E-state index contributed by atoms with van der Waals surface area (Å²) in [7, 11) is 1.37. The van der Waals surface area contributed by atoms with Crippen molar-refractivity contribution in [1.29, 1.82) is 0 Å². The molecule has 0 spiro atoms. The summed E-state index contributed by atoms with van der Waals surface area (Å²) in [6, 6.07) is 5.39. The van der Waals surface area contributed by atoms with Gasteiger partial charge in [-0.1, -0.05) is 5.56 Å². The van der Waals surface area contributed by atoms with E-state index >= 15 is 0 Å². The van der Waals surface area contributed by atoms with Gasteiger partial charge in [0.2, 0.25) is 0 Å². The Bertz CT molecular complexity index is 260. The Balaban J connectivity index is 0.000000791. The summed E-state index contributed by atoms with van der Waals surface area (Å²) in [6.45, 7) is 0. The van der Waals surface area contributed by atoms with Gasteiger partial charge in [0.25, 0.3) is 0 Å². The zero-order chi connectivity index (χ0) is 11.2. The zero-order valence-electron chi connectivity index (χ0n) is 7.36. The van der Waals surface area contributed by atoms with Gasteiger partial charge in [-0.2, -0.15) is 25.3 Å². The molecular weight excluding hydrogens is 314 g/mol. The Labute approximate surface area is 96.7 Å². The predicted molar refractivity (Wildman–Crippen MR) is 45.8 cm³/mol. The first-order valence-electron chi connectivity index (χ1n) is 3.43. The second kappa shape index (κ2) is 6.41. The molecule has 0 radical (unpaired) electrons. The number of halogens is 4. The number of hydrogen-bond acceptors (Lipinski definition) is 1. The minimum absolute atomic E-state index is 0.294. The number of benzene rings is 1. The molecule has 1 aromatic rings. The van der Waals surface area contributed by atoms with Gasteiger partial charge < -0.3 is 4.74 Å². The second-order valence-electron chi connectivity index (χ2n) is 2.14. The minimum atomic E-state index is -4.30. The zero-order valence-corrected chi connectivity index (χ0v) is 11.9. The molecule has 1 nitrogen and oxygen atoms in total. The molecular formula is C8H6BrF3OZn. The molecule has 1 aromatic carbocycles. The average molecular weight is 320 g/mol. The van der Waals surface area contributed by atoms with Crippen LogP contribution in [-0.4, -0.2) is 7.11 Å². The molecule has 0 unspecified atom stereocenters. The van der Waals surface area contributed by atoms with Crippen molar-refractivity contribution in [2.24, 2.45) is 0 Å². The van der Waals surface area contributed by atoms with E-state index in [0.717, 1.165) is 12.1 Å². The number of methoxy groups -OCH3 is 1. The van der Waals surface area contributed by atoms with E-state index in [0.29, 0.717) is 5.75 Å². The van der Waals surface area contributed by atoms with Crippen molar-refractivity contribution in [3.63, 3.8) is 0 Å². The molecule has 0 saturated carbocycles. The molecule has 0 fully saturated rings. The van der Waals surface area contributed by atoms with Gasteiger partial charge in [0.15, 0.2) is 0 Å². The van der Waals surface area contributed by atoms with Gasteiger partial charge >= 0.3 is 36.1 Å². The van der Waals surface area contributed by atoms with Crippen LogP contribution in [0, 0.1) is 6.07 Å². The fourth-order valence-corrected chi connectivity index (χ4v) is 0.714. The second-order valence-corrected chi connectivity index (χ2v) is 2.14. The van der Waals surface area contributed by atoms with Crippen LogP contribution in [0.4, 0.5) is 13.2 Å². The summed E-state index contributed by atoms with van der Waals surface area (Å²) >= 11 is 4.25. The Morgan fingerprint density at radius 3 is 2.21 bits per heavy atom. The maximum atomic E-state index is 12.0. The van der Waals surface area contributed by atoms with Crippen molar-refractivity contribution in [2.75, 3.05) is 7.11 Å². The van der Waals surface area contributed by atoms with E-state index in [1.807, 2.05) is 0 Å². The van der Waals surface area contributed by atoms with Crippen LogP contribution >= 0.6 is 13.6 Å². The molecule has 14 heavy (non-hydrogen) atoms. The van der Waals surface area contributed by atoms with Crippen molar-refractivity contribution in [3.8, 4) is 5.75 Å². The first kappa shape index (κ1) is 13.9. The summed E-state index contributed by atoms with van der Waals surface area (Å²) in [4.78, 5) is 0. The van der Waals surface area contributed by atoms with Crippen molar-refractivity contribution in [1.82, 2.24) is 0 Å². The summed E-state index contributed by atoms with van der Waals surface area (Å²) in [5.41, 5.74) is -0.719. The fourth-order valence-electron chi connectivity index (χ4n) is 0.714. The summed E-state index contributed by atoms with van der Waals surface area (Å²) < 4.78 is 40.5. The van der Waals surface area contributed by atoms with Crippen LogP contribution in [0.1, 0.15) is 5.56 Å². The van der Waals surface area contributed by atoms with Gasteiger partial charge in [-0.15, -0.1) is 12.1 Å². The number of hydrogen-bond donors (Lipinski definition) is 0. The van der Waals surface area contributed by atoms with Gasteiger partial charge in [-0.05, 0) is 0 Å². The monoisotopic (exact) mass is 318 g/mol. The Morgan fingerprint density at radius 2 is 1.93 bits per heavy atom. The molecule has 0 bridgehead atoms. The molecule has 0 aliphatic rings. The molecule has 74 valence electrons. The molecule has 6 heteroatoms. The molecule has 0 saturated heterocycles. The fraction of sp³-hybridized carbons (Fsp3) is 0.250. The molecule has 0 aliphatic carbocycles. The molecule has 0 heterocycles. The molecule has 0 atom stereocenters. The van der Waals surface area contributed by atoms with Crippen molar-refractivity contribution >= 4 is 13.6 Å².